The van der Waals surface area contributed by atoms with Crippen LogP contribution in [-0.4, -0.2) is 24.3 Å². The number of benzene rings is 1. The first-order valence-electron chi connectivity index (χ1n) is 4.54. The summed E-state index contributed by atoms with van der Waals surface area (Å²) in [5.41, 5.74) is 0.927. The number of Topliss-reactive ketones (excluding diaryl/α,β-unsaturated/α-hetero) is 1. The lowest BCUT2D eigenvalue weighted by molar-refractivity contribution is -0.118. The molecule has 0 spiro atoms. The fraction of sp³-hybridized carbons (Fsp3) is 0.273. The van der Waals surface area contributed by atoms with E-state index in [9.17, 15) is 4.79 Å². The molecule has 0 fully saturated rings. The van der Waals surface area contributed by atoms with Crippen molar-refractivity contribution in [3.8, 4) is 0 Å². The summed E-state index contributed by atoms with van der Waals surface area (Å²) in [4.78, 5) is 15.2. The molecule has 3 heteroatoms. The molecule has 1 aromatic rings. The summed E-state index contributed by atoms with van der Waals surface area (Å²) in [7, 11) is 0. The van der Waals surface area contributed by atoms with Crippen molar-refractivity contribution in [3.05, 3.63) is 35.9 Å². The monoisotopic (exact) mass is 189 g/mol. The molecule has 0 saturated carbocycles. The van der Waals surface area contributed by atoms with Crippen LogP contribution in [0.2, 0.25) is 0 Å². The number of hydrogen-bond acceptors (Lipinski definition) is 3. The second-order valence-corrected chi connectivity index (χ2v) is 3.24. The van der Waals surface area contributed by atoms with Crippen molar-refractivity contribution in [1.29, 1.82) is 0 Å². The molecule has 0 unspecified atom stereocenters. The largest absolute Gasteiger partial charge is 0.475 e. The van der Waals surface area contributed by atoms with E-state index in [4.69, 9.17) is 4.74 Å². The van der Waals surface area contributed by atoms with E-state index in [2.05, 4.69) is 4.99 Å². The highest BCUT2D eigenvalue weighted by Gasteiger charge is 2.23. The number of rotatable bonds is 2. The minimum atomic E-state index is -0.315. The van der Waals surface area contributed by atoms with Crippen molar-refractivity contribution in [2.24, 2.45) is 4.99 Å². The Morgan fingerprint density at radius 3 is 2.71 bits per heavy atom. The Labute approximate surface area is 82.4 Å². The first kappa shape index (κ1) is 8.94. The van der Waals surface area contributed by atoms with Gasteiger partial charge in [0.1, 0.15) is 12.6 Å². The van der Waals surface area contributed by atoms with Gasteiger partial charge in [0.15, 0.2) is 5.78 Å². The quantitative estimate of drug-likeness (QED) is 0.705. The molecule has 72 valence electrons. The van der Waals surface area contributed by atoms with Crippen molar-refractivity contribution in [2.45, 2.75) is 13.0 Å². The Kier molecular flexibility index (Phi) is 2.31. The van der Waals surface area contributed by atoms with Crippen LogP contribution in [0, 0.1) is 0 Å². The van der Waals surface area contributed by atoms with Crippen molar-refractivity contribution < 1.29 is 9.53 Å². The summed E-state index contributed by atoms with van der Waals surface area (Å²) in [6, 6.07) is 9.29. The molecule has 14 heavy (non-hydrogen) atoms. The van der Waals surface area contributed by atoms with Crippen molar-refractivity contribution in [1.82, 2.24) is 0 Å². The lowest BCUT2D eigenvalue weighted by Gasteiger charge is -1.99. The van der Waals surface area contributed by atoms with Crippen LogP contribution in [0.3, 0.4) is 0 Å². The molecule has 0 saturated heterocycles. The first-order chi connectivity index (χ1) is 6.77. The summed E-state index contributed by atoms with van der Waals surface area (Å²) >= 11 is 0. The van der Waals surface area contributed by atoms with E-state index in [1.807, 2.05) is 30.3 Å². The van der Waals surface area contributed by atoms with Gasteiger partial charge in [-0.05, 0) is 19.1 Å². The zero-order valence-electron chi connectivity index (χ0n) is 7.93. The number of carbonyl (C=O) groups excluding carboxylic acids is 1. The lowest BCUT2D eigenvalue weighted by Crippen LogP contribution is -2.15. The molecule has 3 nitrogen and oxygen atoms in total. The maximum absolute atomic E-state index is 11.0. The third-order valence-electron chi connectivity index (χ3n) is 2.14. The second kappa shape index (κ2) is 3.62. The predicted molar refractivity (Wildman–Crippen MR) is 53.4 cm³/mol. The number of nitrogens with zero attached hydrogens (tertiary/aromatic N) is 1. The molecular weight excluding hydrogens is 178 g/mol. The smallest absolute Gasteiger partial charge is 0.216 e. The predicted octanol–water partition coefficient (Wildman–Crippen LogP) is 1.42. The van der Waals surface area contributed by atoms with Gasteiger partial charge >= 0.3 is 0 Å². The van der Waals surface area contributed by atoms with Crippen molar-refractivity contribution in [2.75, 3.05) is 6.61 Å². The van der Waals surface area contributed by atoms with Gasteiger partial charge in [0.05, 0.1) is 0 Å². The van der Waals surface area contributed by atoms with Gasteiger partial charge < -0.3 is 4.74 Å². The zero-order chi connectivity index (χ0) is 9.97. The minimum absolute atomic E-state index is 0.0518. The summed E-state index contributed by atoms with van der Waals surface area (Å²) < 4.78 is 5.34. The van der Waals surface area contributed by atoms with Crippen LogP contribution >= 0.6 is 0 Å². The lowest BCUT2D eigenvalue weighted by atomic mass is 10.2. The summed E-state index contributed by atoms with van der Waals surface area (Å²) in [6.45, 7) is 1.91. The van der Waals surface area contributed by atoms with Crippen LogP contribution in [0.1, 0.15) is 12.5 Å². The van der Waals surface area contributed by atoms with E-state index < -0.39 is 0 Å². The number of carbonyl (C=O) groups is 1. The fourth-order valence-corrected chi connectivity index (χ4v) is 1.32. The summed E-state index contributed by atoms with van der Waals surface area (Å²) in [6.07, 6.45) is 0. The molecule has 1 atom stereocenters. The molecule has 1 aromatic carbocycles. The molecule has 0 bridgehead atoms. The molecule has 1 aliphatic rings. The van der Waals surface area contributed by atoms with E-state index in [1.54, 1.807) is 0 Å². The molecular formula is C11H11NO2. The molecule has 0 aliphatic carbocycles. The van der Waals surface area contributed by atoms with Gasteiger partial charge in [-0.1, -0.05) is 18.2 Å². The molecule has 0 N–H and O–H groups in total. The average Bonchev–Trinajstić information content (AvgIpc) is 2.68. The van der Waals surface area contributed by atoms with E-state index in [0.717, 1.165) is 5.56 Å². The van der Waals surface area contributed by atoms with Crippen LogP contribution in [-0.2, 0) is 9.53 Å². The average molecular weight is 189 g/mol. The molecule has 0 aromatic heterocycles. The van der Waals surface area contributed by atoms with Crippen LogP contribution in [0.5, 0.6) is 0 Å². The Balaban J connectivity index is 2.22. The van der Waals surface area contributed by atoms with Gasteiger partial charge in [0.2, 0.25) is 5.90 Å². The Morgan fingerprint density at radius 1 is 1.43 bits per heavy atom. The van der Waals surface area contributed by atoms with Gasteiger partial charge in [-0.25, -0.2) is 4.99 Å². The van der Waals surface area contributed by atoms with E-state index >= 15 is 0 Å². The maximum Gasteiger partial charge on any atom is 0.216 e. The topological polar surface area (TPSA) is 38.7 Å². The SMILES string of the molecule is CC(=O)[C@H]1COC(c2ccccc2)=N1. The van der Waals surface area contributed by atoms with Gasteiger partial charge in [-0.2, -0.15) is 0 Å². The van der Waals surface area contributed by atoms with Gasteiger partial charge in [-0.3, -0.25) is 4.79 Å². The second-order valence-electron chi connectivity index (χ2n) is 3.24. The third-order valence-corrected chi connectivity index (χ3v) is 2.14. The Morgan fingerprint density at radius 2 is 2.14 bits per heavy atom. The summed E-state index contributed by atoms with van der Waals surface area (Å²) in [5, 5.41) is 0. The minimum Gasteiger partial charge on any atom is -0.475 e. The summed E-state index contributed by atoms with van der Waals surface area (Å²) in [5.74, 6) is 0.627. The zero-order valence-corrected chi connectivity index (χ0v) is 7.93. The Bertz CT molecular complexity index is 370. The standard InChI is InChI=1S/C11H11NO2/c1-8(13)10-7-14-11(12-10)9-5-3-2-4-6-9/h2-6,10H,7H2,1H3/t10-/m1/s1. The Hall–Kier alpha value is -1.64. The highest BCUT2D eigenvalue weighted by Crippen LogP contribution is 2.12. The van der Waals surface area contributed by atoms with E-state index in [-0.39, 0.29) is 11.8 Å². The number of ketones is 1. The van der Waals surface area contributed by atoms with Crippen LogP contribution in [0.4, 0.5) is 0 Å². The highest BCUT2D eigenvalue weighted by atomic mass is 16.5. The normalized spacial score (nSPS) is 20.1. The van der Waals surface area contributed by atoms with Gasteiger partial charge in [0, 0.05) is 5.56 Å². The molecule has 1 aliphatic heterocycles. The van der Waals surface area contributed by atoms with Crippen LogP contribution in [0.25, 0.3) is 0 Å². The molecule has 1 heterocycles. The van der Waals surface area contributed by atoms with Gasteiger partial charge in [-0.15, -0.1) is 0 Å². The van der Waals surface area contributed by atoms with Crippen molar-refractivity contribution in [3.63, 3.8) is 0 Å². The van der Waals surface area contributed by atoms with Crippen LogP contribution < -0.4 is 0 Å². The number of ether oxygens (including phenoxy) is 1. The van der Waals surface area contributed by atoms with Crippen LogP contribution in [0.15, 0.2) is 35.3 Å². The third kappa shape index (κ3) is 1.66. The molecule has 0 radical (unpaired) electrons. The number of aliphatic imine (C=N–C) groups is 1. The fourth-order valence-electron chi connectivity index (χ4n) is 1.32. The molecule has 0 amide bonds. The van der Waals surface area contributed by atoms with E-state index in [0.29, 0.717) is 12.5 Å². The number of hydrogen-bond donors (Lipinski definition) is 0. The maximum atomic E-state index is 11.0. The first-order valence-corrected chi connectivity index (χ1v) is 4.54. The van der Waals surface area contributed by atoms with Crippen molar-refractivity contribution >= 4 is 11.7 Å². The van der Waals surface area contributed by atoms with Gasteiger partial charge in [0.25, 0.3) is 0 Å². The van der Waals surface area contributed by atoms with E-state index in [1.165, 1.54) is 6.92 Å². The highest BCUT2D eigenvalue weighted by molar-refractivity contribution is 5.98. The molecule has 2 rings (SSSR count).